The van der Waals surface area contributed by atoms with Gasteiger partial charge in [-0.15, -0.1) is 0 Å². The normalized spacial score (nSPS) is 42.6. The Hall–Kier alpha value is -1.56. The van der Waals surface area contributed by atoms with E-state index in [1.165, 1.54) is 17.7 Å². The summed E-state index contributed by atoms with van der Waals surface area (Å²) >= 11 is 0. The number of allylic oxidation sites excluding steroid dienone is 1. The smallest absolute Gasteiger partial charge is 0.169 e. The van der Waals surface area contributed by atoms with Crippen LogP contribution in [-0.4, -0.2) is 28.9 Å². The molecule has 0 unspecified atom stereocenters. The monoisotopic (exact) mass is 484 g/mol. The summed E-state index contributed by atoms with van der Waals surface area (Å²) in [6.07, 6.45) is 9.43. The van der Waals surface area contributed by atoms with Crippen LogP contribution >= 0.6 is 0 Å². The molecule has 1 aromatic carbocycles. The fourth-order valence-electron chi connectivity index (χ4n) is 8.70. The highest BCUT2D eigenvalue weighted by atomic mass is 19.1. The number of ketones is 1. The first-order valence-corrected chi connectivity index (χ1v) is 13.5. The largest absolute Gasteiger partial charge is 0.367 e. The third-order valence-corrected chi connectivity index (χ3v) is 10.6. The van der Waals surface area contributed by atoms with Crippen LogP contribution < -0.4 is 0 Å². The fraction of sp³-hybridized carbons (Fsp3) is 0.700. The molecule has 0 amide bonds. The predicted octanol–water partition coefficient (Wildman–Crippen LogP) is 6.36. The Labute approximate surface area is 209 Å². The lowest BCUT2D eigenvalue weighted by Gasteiger charge is -2.60. The van der Waals surface area contributed by atoms with Crippen molar-refractivity contribution in [3.05, 3.63) is 47.3 Å². The van der Waals surface area contributed by atoms with Crippen molar-refractivity contribution in [2.24, 2.45) is 28.6 Å². The molecule has 4 nitrogen and oxygen atoms in total. The molecule has 0 aromatic heterocycles. The highest BCUT2D eigenvalue weighted by Gasteiger charge is 2.66. The van der Waals surface area contributed by atoms with Gasteiger partial charge in [-0.2, -0.15) is 0 Å². The maximum absolute atomic E-state index is 13.2. The van der Waals surface area contributed by atoms with Gasteiger partial charge in [0.25, 0.3) is 0 Å². The Morgan fingerprint density at radius 3 is 2.46 bits per heavy atom. The van der Waals surface area contributed by atoms with Gasteiger partial charge in [-0.3, -0.25) is 4.79 Å². The number of carbonyl (C=O) groups is 1. The van der Waals surface area contributed by atoms with Gasteiger partial charge < -0.3 is 14.6 Å². The molecule has 192 valence electrons. The minimum atomic E-state index is -1.18. The number of Topliss-reactive ketones (excluding diaryl/α,β-unsaturated/α-hetero) is 1. The molecular weight excluding hydrogens is 443 g/mol. The quantitative estimate of drug-likeness (QED) is 0.377. The molecule has 3 saturated carbocycles. The minimum Gasteiger partial charge on any atom is -0.367 e. The number of ether oxygens (including phenoxy) is 2. The van der Waals surface area contributed by atoms with E-state index in [4.69, 9.17) is 9.47 Å². The summed E-state index contributed by atoms with van der Waals surface area (Å²) in [5.41, 5.74) is 1.51. The van der Waals surface area contributed by atoms with E-state index in [1.54, 1.807) is 19.1 Å². The summed E-state index contributed by atoms with van der Waals surface area (Å²) in [6.45, 7) is 9.30. The van der Waals surface area contributed by atoms with Gasteiger partial charge in [-0.1, -0.05) is 37.6 Å². The van der Waals surface area contributed by atoms with Crippen molar-refractivity contribution in [2.75, 3.05) is 6.61 Å². The molecule has 4 aliphatic carbocycles. The molecular formula is C30H41FO4. The average molecular weight is 485 g/mol. The molecule has 4 aliphatic rings. The van der Waals surface area contributed by atoms with E-state index in [0.717, 1.165) is 44.1 Å². The van der Waals surface area contributed by atoms with Gasteiger partial charge in [0.15, 0.2) is 11.6 Å². The standard InChI is InChI=1S/C30H41FO4/c1-5-34-30(20(2)32)15-13-26-24-11-8-22-18-29(33,35-19-21-6-9-23(31)10-7-21)17-16-27(22,3)25(24)12-14-28(26,30)4/h6-10,24-26,33H,5,11-19H2,1-4H3/t24-,25+,26+,27+,28+,29-,30+/m1/s1. The minimum absolute atomic E-state index is 0.0583. The topological polar surface area (TPSA) is 55.8 Å². The Morgan fingerprint density at radius 2 is 1.77 bits per heavy atom. The summed E-state index contributed by atoms with van der Waals surface area (Å²) < 4.78 is 25.6. The third-order valence-electron chi connectivity index (χ3n) is 10.6. The Morgan fingerprint density at radius 1 is 1.06 bits per heavy atom. The second-order valence-electron chi connectivity index (χ2n) is 12.1. The molecule has 0 radical (unpaired) electrons. The zero-order chi connectivity index (χ0) is 25.1. The number of rotatable bonds is 6. The number of hydrogen-bond acceptors (Lipinski definition) is 4. The predicted molar refractivity (Wildman–Crippen MR) is 133 cm³/mol. The van der Waals surface area contributed by atoms with Gasteiger partial charge in [-0.25, -0.2) is 4.39 Å². The first-order valence-electron chi connectivity index (χ1n) is 13.5. The molecule has 1 aromatic rings. The second kappa shape index (κ2) is 8.78. The lowest BCUT2D eigenvalue weighted by Crippen LogP contribution is -2.58. The SMILES string of the molecule is CCO[C@]1(C(C)=O)CC[C@H]2[C@@H]3CC=C4C[C@](O)(OCc5ccc(F)cc5)CC[C@]4(C)[C@H]3CC[C@@]21C. The van der Waals surface area contributed by atoms with Crippen LogP contribution in [0.1, 0.15) is 84.6 Å². The van der Waals surface area contributed by atoms with Crippen LogP contribution in [0.3, 0.4) is 0 Å². The molecule has 0 saturated heterocycles. The first kappa shape index (κ1) is 25.1. The van der Waals surface area contributed by atoms with Gasteiger partial charge in [-0.05, 0) is 93.2 Å². The highest BCUT2D eigenvalue weighted by molar-refractivity contribution is 5.86. The van der Waals surface area contributed by atoms with Crippen molar-refractivity contribution in [3.8, 4) is 0 Å². The number of aliphatic hydroxyl groups is 1. The number of halogens is 1. The first-order chi connectivity index (χ1) is 16.6. The van der Waals surface area contributed by atoms with Crippen molar-refractivity contribution in [3.63, 3.8) is 0 Å². The van der Waals surface area contributed by atoms with Gasteiger partial charge in [0.2, 0.25) is 0 Å². The Bertz CT molecular complexity index is 1000. The summed E-state index contributed by atoms with van der Waals surface area (Å²) in [6, 6.07) is 6.27. The summed E-state index contributed by atoms with van der Waals surface area (Å²) in [4.78, 5) is 12.9. The molecule has 35 heavy (non-hydrogen) atoms. The van der Waals surface area contributed by atoms with Crippen molar-refractivity contribution >= 4 is 5.78 Å². The van der Waals surface area contributed by atoms with Crippen molar-refractivity contribution in [1.82, 2.24) is 0 Å². The molecule has 3 fully saturated rings. The fourth-order valence-corrected chi connectivity index (χ4v) is 8.70. The highest BCUT2D eigenvalue weighted by Crippen LogP contribution is 2.68. The van der Waals surface area contributed by atoms with Gasteiger partial charge in [0.05, 0.1) is 6.61 Å². The van der Waals surface area contributed by atoms with Gasteiger partial charge in [0.1, 0.15) is 11.4 Å². The average Bonchev–Trinajstić information content (AvgIpc) is 3.13. The molecule has 5 heteroatoms. The number of hydrogen-bond donors (Lipinski definition) is 1. The van der Waals surface area contributed by atoms with Crippen LogP contribution in [0.2, 0.25) is 0 Å². The van der Waals surface area contributed by atoms with Crippen LogP contribution in [0.25, 0.3) is 0 Å². The van der Waals surface area contributed by atoms with Crippen molar-refractivity contribution in [1.29, 1.82) is 0 Å². The van der Waals surface area contributed by atoms with Crippen molar-refractivity contribution in [2.45, 2.75) is 97.1 Å². The molecule has 1 N–H and O–H groups in total. The van der Waals surface area contributed by atoms with E-state index >= 15 is 0 Å². The maximum Gasteiger partial charge on any atom is 0.169 e. The summed E-state index contributed by atoms with van der Waals surface area (Å²) in [7, 11) is 0. The van der Waals surface area contributed by atoms with E-state index < -0.39 is 11.4 Å². The van der Waals surface area contributed by atoms with Crippen LogP contribution in [0.15, 0.2) is 35.9 Å². The van der Waals surface area contributed by atoms with Gasteiger partial charge in [0, 0.05) is 24.9 Å². The molecule has 0 bridgehead atoms. The van der Waals surface area contributed by atoms with E-state index in [2.05, 4.69) is 19.9 Å². The van der Waals surface area contributed by atoms with Crippen LogP contribution in [0, 0.1) is 34.4 Å². The third kappa shape index (κ3) is 3.84. The van der Waals surface area contributed by atoms with Crippen LogP contribution in [-0.2, 0) is 20.9 Å². The van der Waals surface area contributed by atoms with E-state index in [1.807, 2.05) is 6.92 Å². The van der Waals surface area contributed by atoms with Crippen LogP contribution in [0.4, 0.5) is 4.39 Å². The van der Waals surface area contributed by atoms with E-state index in [-0.39, 0.29) is 29.0 Å². The van der Waals surface area contributed by atoms with E-state index in [0.29, 0.717) is 37.2 Å². The maximum atomic E-state index is 13.2. The van der Waals surface area contributed by atoms with Crippen LogP contribution in [0.5, 0.6) is 0 Å². The summed E-state index contributed by atoms with van der Waals surface area (Å²) in [5, 5.41) is 11.3. The number of fused-ring (bicyclic) bond motifs is 5. The lowest BCUT2D eigenvalue weighted by atomic mass is 9.46. The van der Waals surface area contributed by atoms with Crippen molar-refractivity contribution < 1.29 is 23.8 Å². The van der Waals surface area contributed by atoms with Gasteiger partial charge >= 0.3 is 0 Å². The Balaban J connectivity index is 1.35. The second-order valence-corrected chi connectivity index (χ2v) is 12.1. The zero-order valence-electron chi connectivity index (χ0n) is 21.7. The lowest BCUT2D eigenvalue weighted by molar-refractivity contribution is -0.232. The molecule has 0 aliphatic heterocycles. The van der Waals surface area contributed by atoms with E-state index in [9.17, 15) is 14.3 Å². The number of benzene rings is 1. The zero-order valence-corrected chi connectivity index (χ0v) is 21.7. The molecule has 5 rings (SSSR count). The molecule has 0 spiro atoms. The summed E-state index contributed by atoms with van der Waals surface area (Å²) in [5.74, 6) is 0.350. The molecule has 7 atom stereocenters. The Kier molecular flexibility index (Phi) is 6.30. The molecule has 0 heterocycles. The number of carbonyl (C=O) groups excluding carboxylic acids is 1.